The second-order valence-corrected chi connectivity index (χ2v) is 3.27. The van der Waals surface area contributed by atoms with Crippen LogP contribution >= 0.6 is 0 Å². The standard InChI is InChI=1S/C8H16O7/c1-2-8(15,7(13)14)6(12)5(11)4(10)3-9/h4-6,9-12,15H,2-3H2,1H3,(H,13,14). The van der Waals surface area contributed by atoms with E-state index >= 15 is 0 Å². The zero-order chi connectivity index (χ0) is 12.2. The van der Waals surface area contributed by atoms with Crippen LogP contribution in [0.3, 0.4) is 0 Å². The highest BCUT2D eigenvalue weighted by Crippen LogP contribution is 2.20. The molecule has 7 nitrogen and oxygen atoms in total. The third kappa shape index (κ3) is 2.86. The number of aliphatic hydroxyl groups excluding tert-OH is 4. The lowest BCUT2D eigenvalue weighted by Crippen LogP contribution is -2.57. The van der Waals surface area contributed by atoms with Gasteiger partial charge in [-0.1, -0.05) is 6.92 Å². The van der Waals surface area contributed by atoms with Crippen LogP contribution in [0, 0.1) is 0 Å². The summed E-state index contributed by atoms with van der Waals surface area (Å²) in [7, 11) is 0. The molecule has 0 aliphatic carbocycles. The fourth-order valence-corrected chi connectivity index (χ4v) is 1.09. The third-order valence-corrected chi connectivity index (χ3v) is 2.30. The Morgan fingerprint density at radius 2 is 1.80 bits per heavy atom. The molecular weight excluding hydrogens is 208 g/mol. The monoisotopic (exact) mass is 224 g/mol. The summed E-state index contributed by atoms with van der Waals surface area (Å²) in [6.45, 7) is 0.451. The molecule has 6 N–H and O–H groups in total. The highest BCUT2D eigenvalue weighted by atomic mass is 16.4. The minimum atomic E-state index is -2.55. The van der Waals surface area contributed by atoms with Crippen molar-refractivity contribution in [2.24, 2.45) is 0 Å². The van der Waals surface area contributed by atoms with E-state index in [2.05, 4.69) is 0 Å². The van der Waals surface area contributed by atoms with Crippen molar-refractivity contribution in [1.29, 1.82) is 0 Å². The molecule has 0 rings (SSSR count). The van der Waals surface area contributed by atoms with Crippen LogP contribution in [-0.2, 0) is 4.79 Å². The fourth-order valence-electron chi connectivity index (χ4n) is 1.09. The Bertz CT molecular complexity index is 219. The molecule has 0 amide bonds. The third-order valence-electron chi connectivity index (χ3n) is 2.30. The minimum Gasteiger partial charge on any atom is -0.479 e. The summed E-state index contributed by atoms with van der Waals surface area (Å²) in [4.78, 5) is 10.6. The molecule has 0 spiro atoms. The molecule has 0 aromatic carbocycles. The van der Waals surface area contributed by atoms with Gasteiger partial charge in [0.05, 0.1) is 6.61 Å². The summed E-state index contributed by atoms with van der Waals surface area (Å²) in [6.07, 6.45) is -6.07. The van der Waals surface area contributed by atoms with E-state index < -0.39 is 36.5 Å². The summed E-state index contributed by atoms with van der Waals surface area (Å²) >= 11 is 0. The molecule has 0 aromatic rings. The van der Waals surface area contributed by atoms with Gasteiger partial charge in [0.15, 0.2) is 5.60 Å². The van der Waals surface area contributed by atoms with E-state index in [1.165, 1.54) is 6.92 Å². The van der Waals surface area contributed by atoms with Crippen LogP contribution in [0.2, 0.25) is 0 Å². The normalized spacial score (nSPS) is 21.5. The summed E-state index contributed by atoms with van der Waals surface area (Å²) in [5.41, 5.74) is -2.55. The Morgan fingerprint density at radius 1 is 1.33 bits per heavy atom. The number of carbonyl (C=O) groups is 1. The SMILES string of the molecule is CCC(O)(C(=O)O)C(O)C(O)C(O)CO. The maximum atomic E-state index is 10.6. The predicted molar refractivity (Wildman–Crippen MR) is 48.0 cm³/mol. The summed E-state index contributed by atoms with van der Waals surface area (Å²) in [5, 5.41) is 54.1. The predicted octanol–water partition coefficient (Wildman–Crippen LogP) is -2.71. The van der Waals surface area contributed by atoms with Gasteiger partial charge >= 0.3 is 5.97 Å². The van der Waals surface area contributed by atoms with Gasteiger partial charge in [-0.3, -0.25) is 0 Å². The van der Waals surface area contributed by atoms with E-state index in [9.17, 15) is 20.1 Å². The van der Waals surface area contributed by atoms with Crippen LogP contribution < -0.4 is 0 Å². The quantitative estimate of drug-likeness (QED) is 0.288. The molecule has 0 heterocycles. The molecule has 90 valence electrons. The Hall–Kier alpha value is -0.730. The average Bonchev–Trinajstić information content (AvgIpc) is 2.24. The molecule has 0 fully saturated rings. The Labute approximate surface area is 86.2 Å². The molecule has 4 atom stereocenters. The Balaban J connectivity index is 4.79. The summed E-state index contributed by atoms with van der Waals surface area (Å²) in [6, 6.07) is 0. The van der Waals surface area contributed by atoms with E-state index in [-0.39, 0.29) is 6.42 Å². The van der Waals surface area contributed by atoms with Gasteiger partial charge in [-0.25, -0.2) is 4.79 Å². The molecule has 7 heteroatoms. The molecule has 0 radical (unpaired) electrons. The maximum Gasteiger partial charge on any atom is 0.338 e. The average molecular weight is 224 g/mol. The van der Waals surface area contributed by atoms with E-state index in [0.717, 1.165) is 0 Å². The van der Waals surface area contributed by atoms with Crippen molar-refractivity contribution in [3.63, 3.8) is 0 Å². The van der Waals surface area contributed by atoms with Crippen molar-refractivity contribution in [2.75, 3.05) is 6.61 Å². The molecule has 15 heavy (non-hydrogen) atoms. The molecule has 0 aliphatic rings. The molecule has 0 bridgehead atoms. The molecule has 4 unspecified atom stereocenters. The molecular formula is C8H16O7. The number of hydrogen-bond donors (Lipinski definition) is 6. The molecule has 0 aliphatic heterocycles. The van der Waals surface area contributed by atoms with Crippen LogP contribution in [-0.4, -0.2) is 67.1 Å². The van der Waals surface area contributed by atoms with Gasteiger partial charge in [0, 0.05) is 0 Å². The van der Waals surface area contributed by atoms with Gasteiger partial charge < -0.3 is 30.6 Å². The van der Waals surface area contributed by atoms with Crippen LogP contribution in [0.15, 0.2) is 0 Å². The number of carboxylic acids is 1. The first kappa shape index (κ1) is 14.3. The lowest BCUT2D eigenvalue weighted by atomic mass is 9.88. The van der Waals surface area contributed by atoms with E-state index in [0.29, 0.717) is 0 Å². The van der Waals surface area contributed by atoms with Gasteiger partial charge in [0.25, 0.3) is 0 Å². The van der Waals surface area contributed by atoms with Crippen molar-refractivity contribution in [3.8, 4) is 0 Å². The highest BCUT2D eigenvalue weighted by molar-refractivity contribution is 5.78. The zero-order valence-corrected chi connectivity index (χ0v) is 8.24. The van der Waals surface area contributed by atoms with Crippen LogP contribution in [0.25, 0.3) is 0 Å². The van der Waals surface area contributed by atoms with Crippen LogP contribution in [0.5, 0.6) is 0 Å². The van der Waals surface area contributed by atoms with Crippen molar-refractivity contribution in [2.45, 2.75) is 37.3 Å². The fraction of sp³-hybridized carbons (Fsp3) is 0.875. The zero-order valence-electron chi connectivity index (χ0n) is 8.24. The first-order valence-corrected chi connectivity index (χ1v) is 4.42. The van der Waals surface area contributed by atoms with E-state index in [4.69, 9.17) is 15.3 Å². The van der Waals surface area contributed by atoms with Crippen molar-refractivity contribution >= 4 is 5.97 Å². The van der Waals surface area contributed by atoms with Gasteiger partial charge in [-0.05, 0) is 6.42 Å². The van der Waals surface area contributed by atoms with E-state index in [1.54, 1.807) is 0 Å². The summed E-state index contributed by atoms with van der Waals surface area (Å²) in [5.74, 6) is -1.71. The number of aliphatic hydroxyl groups is 5. The Morgan fingerprint density at radius 3 is 2.07 bits per heavy atom. The number of hydrogen-bond acceptors (Lipinski definition) is 6. The van der Waals surface area contributed by atoms with Crippen LogP contribution in [0.4, 0.5) is 0 Å². The minimum absolute atomic E-state index is 0.349. The molecule has 0 saturated heterocycles. The lowest BCUT2D eigenvalue weighted by molar-refractivity contribution is -0.191. The van der Waals surface area contributed by atoms with Gasteiger partial charge in [-0.2, -0.15) is 0 Å². The lowest BCUT2D eigenvalue weighted by Gasteiger charge is -2.32. The first-order valence-electron chi connectivity index (χ1n) is 4.42. The van der Waals surface area contributed by atoms with Crippen LogP contribution in [0.1, 0.15) is 13.3 Å². The van der Waals surface area contributed by atoms with Crippen molar-refractivity contribution < 1.29 is 35.4 Å². The summed E-state index contributed by atoms with van der Waals surface area (Å²) < 4.78 is 0. The molecule has 0 aromatic heterocycles. The van der Waals surface area contributed by atoms with Gasteiger partial charge in [0.2, 0.25) is 0 Å². The number of carboxylic acid groups (broad SMARTS) is 1. The number of rotatable bonds is 6. The topological polar surface area (TPSA) is 138 Å². The second kappa shape index (κ2) is 5.38. The van der Waals surface area contributed by atoms with Gasteiger partial charge in [-0.15, -0.1) is 0 Å². The number of aliphatic carboxylic acids is 1. The van der Waals surface area contributed by atoms with Gasteiger partial charge in [0.1, 0.15) is 18.3 Å². The smallest absolute Gasteiger partial charge is 0.338 e. The largest absolute Gasteiger partial charge is 0.479 e. The highest BCUT2D eigenvalue weighted by Gasteiger charge is 2.47. The Kier molecular flexibility index (Phi) is 5.12. The first-order chi connectivity index (χ1) is 6.81. The second-order valence-electron chi connectivity index (χ2n) is 3.27. The van der Waals surface area contributed by atoms with Crippen molar-refractivity contribution in [3.05, 3.63) is 0 Å². The molecule has 0 saturated carbocycles. The maximum absolute atomic E-state index is 10.6. The van der Waals surface area contributed by atoms with Crippen molar-refractivity contribution in [1.82, 2.24) is 0 Å². The van der Waals surface area contributed by atoms with E-state index in [1.807, 2.05) is 0 Å².